The van der Waals surface area contributed by atoms with E-state index in [0.29, 0.717) is 64.7 Å². The van der Waals surface area contributed by atoms with Crippen LogP contribution in [0.4, 0.5) is 10.3 Å². The molecule has 0 radical (unpaired) electrons. The van der Waals surface area contributed by atoms with Gasteiger partial charge in [0.15, 0.2) is 5.65 Å². The van der Waals surface area contributed by atoms with Gasteiger partial charge in [0.1, 0.15) is 11.0 Å². The second-order valence-electron chi connectivity index (χ2n) is 6.78. The summed E-state index contributed by atoms with van der Waals surface area (Å²) >= 11 is 11.9. The summed E-state index contributed by atoms with van der Waals surface area (Å²) in [6, 6.07) is 9.78. The quantitative estimate of drug-likeness (QED) is 0.413. The molecule has 0 aliphatic carbocycles. The molecule has 3 aromatic heterocycles. The largest absolute Gasteiger partial charge is 0.378 e. The Balaban J connectivity index is 0.000000334. The highest BCUT2D eigenvalue weighted by molar-refractivity contribution is 6.30. The lowest BCUT2D eigenvalue weighted by Crippen LogP contribution is -2.37. The number of aryl methyl sites for hydroxylation is 1. The maximum atomic E-state index is 14.5. The Labute approximate surface area is 188 Å². The van der Waals surface area contributed by atoms with Crippen LogP contribution in [-0.2, 0) is 11.8 Å². The van der Waals surface area contributed by atoms with Crippen LogP contribution in [0, 0.1) is 5.82 Å². The van der Waals surface area contributed by atoms with E-state index in [2.05, 4.69) is 20.1 Å². The highest BCUT2D eigenvalue weighted by Gasteiger charge is 2.19. The van der Waals surface area contributed by atoms with Gasteiger partial charge < -0.3 is 9.64 Å². The van der Waals surface area contributed by atoms with Crippen LogP contribution in [0.25, 0.3) is 22.3 Å². The molecule has 5 rings (SSSR count). The molecule has 1 aliphatic heterocycles. The van der Waals surface area contributed by atoms with Crippen molar-refractivity contribution in [3.8, 4) is 11.3 Å². The van der Waals surface area contributed by atoms with Crippen LogP contribution in [0.15, 0.2) is 48.8 Å². The first kappa shape index (κ1) is 21.4. The van der Waals surface area contributed by atoms with Gasteiger partial charge in [0.25, 0.3) is 0 Å². The van der Waals surface area contributed by atoms with E-state index in [9.17, 15) is 4.39 Å². The fraction of sp³-hybridized carbons (Fsp3) is 0.238. The minimum absolute atomic E-state index is 0.321. The van der Waals surface area contributed by atoms with Crippen molar-refractivity contribution >= 4 is 40.2 Å². The number of rotatable bonds is 2. The Morgan fingerprint density at radius 2 is 1.84 bits per heavy atom. The number of halogens is 3. The standard InChI is InChI=1S/C17H13Cl2FN4O.C4H6N2/c18-10-1-2-11(13(20)9-10)15-12-3-4-14(19)21-16(12)23-17(22-15)24-5-7-25-8-6-24;1-6-4-2-3-5-6/h1-4,9H,5-8H2;2-4H,1H3. The molecule has 31 heavy (non-hydrogen) atoms. The molecule has 0 bridgehead atoms. The molecule has 1 fully saturated rings. The minimum Gasteiger partial charge on any atom is -0.378 e. The predicted octanol–water partition coefficient (Wildman–Crippen LogP) is 4.39. The molecule has 1 saturated heterocycles. The van der Waals surface area contributed by atoms with Gasteiger partial charge in [-0.05, 0) is 36.4 Å². The van der Waals surface area contributed by atoms with E-state index in [1.54, 1.807) is 35.1 Å². The van der Waals surface area contributed by atoms with Gasteiger partial charge in [-0.25, -0.2) is 14.4 Å². The van der Waals surface area contributed by atoms with Crippen molar-refractivity contribution in [2.45, 2.75) is 0 Å². The average molecular weight is 461 g/mol. The molecular formula is C21H19Cl2FN6O. The fourth-order valence-corrected chi connectivity index (χ4v) is 3.41. The van der Waals surface area contributed by atoms with Gasteiger partial charge in [0, 0.05) is 48.5 Å². The number of benzene rings is 1. The van der Waals surface area contributed by atoms with Gasteiger partial charge in [-0.1, -0.05) is 23.2 Å². The topological polar surface area (TPSA) is 69.0 Å². The Hall–Kier alpha value is -2.81. The van der Waals surface area contributed by atoms with Crippen molar-refractivity contribution in [2.75, 3.05) is 31.2 Å². The Morgan fingerprint density at radius 3 is 2.48 bits per heavy atom. The summed E-state index contributed by atoms with van der Waals surface area (Å²) in [7, 11) is 1.89. The number of pyridine rings is 1. The summed E-state index contributed by atoms with van der Waals surface area (Å²) in [4.78, 5) is 15.4. The number of nitrogens with zero attached hydrogens (tertiary/aromatic N) is 6. The van der Waals surface area contributed by atoms with Crippen LogP contribution in [0.2, 0.25) is 10.2 Å². The summed E-state index contributed by atoms with van der Waals surface area (Å²) in [5.74, 6) is 0.0327. The molecular weight excluding hydrogens is 442 g/mol. The summed E-state index contributed by atoms with van der Waals surface area (Å²) in [6.45, 7) is 2.51. The molecule has 7 nitrogen and oxygen atoms in total. The first-order chi connectivity index (χ1) is 15.0. The van der Waals surface area contributed by atoms with E-state index in [1.807, 2.05) is 24.2 Å². The number of hydrogen-bond acceptors (Lipinski definition) is 6. The number of aromatic nitrogens is 5. The molecule has 1 aliphatic rings. The first-order valence-corrected chi connectivity index (χ1v) is 10.3. The Bertz CT molecular complexity index is 1180. The fourth-order valence-electron chi connectivity index (χ4n) is 3.11. The van der Waals surface area contributed by atoms with Crippen molar-refractivity contribution in [3.05, 3.63) is 64.8 Å². The van der Waals surface area contributed by atoms with Gasteiger partial charge in [0.05, 0.1) is 18.9 Å². The van der Waals surface area contributed by atoms with Crippen LogP contribution in [0.3, 0.4) is 0 Å². The summed E-state index contributed by atoms with van der Waals surface area (Å²) in [5.41, 5.74) is 1.23. The third-order valence-corrected chi connectivity index (χ3v) is 5.08. The SMILES string of the molecule is Cn1cccn1.Fc1cc(Cl)ccc1-c1nc(N2CCOCC2)nc2nc(Cl)ccc12. The lowest BCUT2D eigenvalue weighted by atomic mass is 10.1. The van der Waals surface area contributed by atoms with E-state index in [-0.39, 0.29) is 0 Å². The molecule has 10 heteroatoms. The molecule has 160 valence electrons. The number of hydrogen-bond donors (Lipinski definition) is 0. The van der Waals surface area contributed by atoms with E-state index in [1.165, 1.54) is 6.07 Å². The molecule has 4 heterocycles. The van der Waals surface area contributed by atoms with Gasteiger partial charge in [0.2, 0.25) is 5.95 Å². The lowest BCUT2D eigenvalue weighted by Gasteiger charge is -2.27. The second-order valence-corrected chi connectivity index (χ2v) is 7.60. The molecule has 0 unspecified atom stereocenters. The Kier molecular flexibility index (Phi) is 6.60. The summed E-state index contributed by atoms with van der Waals surface area (Å²) in [5, 5.41) is 5.11. The molecule has 0 spiro atoms. The third kappa shape index (κ3) is 5.10. The average Bonchev–Trinajstić information content (AvgIpc) is 3.25. The maximum Gasteiger partial charge on any atom is 0.228 e. The Morgan fingerprint density at radius 1 is 1.03 bits per heavy atom. The number of fused-ring (bicyclic) bond motifs is 1. The van der Waals surface area contributed by atoms with Crippen LogP contribution >= 0.6 is 23.2 Å². The van der Waals surface area contributed by atoms with Gasteiger partial charge in [-0.2, -0.15) is 10.1 Å². The van der Waals surface area contributed by atoms with Gasteiger partial charge >= 0.3 is 0 Å². The van der Waals surface area contributed by atoms with E-state index < -0.39 is 5.82 Å². The van der Waals surface area contributed by atoms with Gasteiger partial charge in [-0.15, -0.1) is 0 Å². The molecule has 0 N–H and O–H groups in total. The molecule has 0 atom stereocenters. The van der Waals surface area contributed by atoms with E-state index in [0.717, 1.165) is 0 Å². The molecule has 1 aromatic carbocycles. The number of morpholine rings is 1. The van der Waals surface area contributed by atoms with Gasteiger partial charge in [-0.3, -0.25) is 4.68 Å². The highest BCUT2D eigenvalue weighted by Crippen LogP contribution is 2.31. The van der Waals surface area contributed by atoms with E-state index in [4.69, 9.17) is 27.9 Å². The van der Waals surface area contributed by atoms with Crippen LogP contribution in [-0.4, -0.2) is 51.0 Å². The van der Waals surface area contributed by atoms with Crippen molar-refractivity contribution in [1.82, 2.24) is 24.7 Å². The second kappa shape index (κ2) is 9.55. The zero-order chi connectivity index (χ0) is 21.8. The van der Waals surface area contributed by atoms with E-state index >= 15 is 0 Å². The third-order valence-electron chi connectivity index (χ3n) is 4.63. The molecule has 0 saturated carbocycles. The summed E-state index contributed by atoms with van der Waals surface area (Å²) in [6.07, 6.45) is 3.64. The minimum atomic E-state index is -0.449. The van der Waals surface area contributed by atoms with Crippen LogP contribution in [0.5, 0.6) is 0 Å². The van der Waals surface area contributed by atoms with Crippen molar-refractivity contribution in [2.24, 2.45) is 7.05 Å². The zero-order valence-electron chi connectivity index (χ0n) is 16.7. The normalized spacial score (nSPS) is 13.7. The van der Waals surface area contributed by atoms with Crippen molar-refractivity contribution < 1.29 is 9.13 Å². The molecule has 4 aromatic rings. The van der Waals surface area contributed by atoms with Crippen molar-refractivity contribution in [1.29, 1.82) is 0 Å². The van der Waals surface area contributed by atoms with Crippen LogP contribution in [0.1, 0.15) is 0 Å². The molecule has 0 amide bonds. The zero-order valence-corrected chi connectivity index (χ0v) is 18.2. The summed E-state index contributed by atoms with van der Waals surface area (Å²) < 4.78 is 21.6. The maximum absolute atomic E-state index is 14.5. The monoisotopic (exact) mass is 460 g/mol. The van der Waals surface area contributed by atoms with Crippen LogP contribution < -0.4 is 4.90 Å². The first-order valence-electron chi connectivity index (χ1n) is 9.57. The highest BCUT2D eigenvalue weighted by atomic mass is 35.5. The predicted molar refractivity (Wildman–Crippen MR) is 119 cm³/mol. The lowest BCUT2D eigenvalue weighted by molar-refractivity contribution is 0.122. The number of anilines is 1. The van der Waals surface area contributed by atoms with Crippen molar-refractivity contribution in [3.63, 3.8) is 0 Å². The smallest absolute Gasteiger partial charge is 0.228 e. The number of ether oxygens (including phenoxy) is 1.